The number of hydrogen-bond donors (Lipinski definition) is 0. The molecular formula is C11H12Br2O3. The molecule has 0 heterocycles. The highest BCUT2D eigenvalue weighted by Gasteiger charge is 2.16. The molecule has 1 rings (SSSR count). The van der Waals surface area contributed by atoms with Crippen molar-refractivity contribution in [2.75, 3.05) is 6.61 Å². The van der Waals surface area contributed by atoms with E-state index in [-0.39, 0.29) is 5.97 Å². The van der Waals surface area contributed by atoms with Crippen LogP contribution in [0.3, 0.4) is 0 Å². The van der Waals surface area contributed by atoms with Crippen LogP contribution in [0.1, 0.15) is 13.8 Å². The summed E-state index contributed by atoms with van der Waals surface area (Å²) in [7, 11) is 0. The van der Waals surface area contributed by atoms with Gasteiger partial charge in [0.25, 0.3) is 0 Å². The molecule has 0 aromatic heterocycles. The first-order valence-corrected chi connectivity index (χ1v) is 6.41. The molecular weight excluding hydrogens is 340 g/mol. The van der Waals surface area contributed by atoms with E-state index < -0.39 is 6.10 Å². The average molecular weight is 352 g/mol. The molecule has 0 aliphatic carbocycles. The molecule has 0 radical (unpaired) electrons. The van der Waals surface area contributed by atoms with Crippen molar-refractivity contribution in [2.45, 2.75) is 20.0 Å². The molecule has 1 aromatic carbocycles. The number of ether oxygens (including phenoxy) is 2. The fourth-order valence-corrected chi connectivity index (χ4v) is 2.21. The Morgan fingerprint density at radius 1 is 1.44 bits per heavy atom. The quantitative estimate of drug-likeness (QED) is 0.778. The highest BCUT2D eigenvalue weighted by atomic mass is 79.9. The molecule has 0 N–H and O–H groups in total. The molecule has 0 bridgehead atoms. The van der Waals surface area contributed by atoms with Gasteiger partial charge in [-0.25, -0.2) is 4.79 Å². The third-order valence-corrected chi connectivity index (χ3v) is 2.93. The van der Waals surface area contributed by atoms with Gasteiger partial charge in [0.1, 0.15) is 5.75 Å². The van der Waals surface area contributed by atoms with Gasteiger partial charge in [-0.15, -0.1) is 0 Å². The molecule has 0 amide bonds. The van der Waals surface area contributed by atoms with E-state index in [0.29, 0.717) is 12.4 Å². The van der Waals surface area contributed by atoms with Crippen LogP contribution >= 0.6 is 31.9 Å². The van der Waals surface area contributed by atoms with E-state index in [9.17, 15) is 4.79 Å². The lowest BCUT2D eigenvalue weighted by Gasteiger charge is -2.14. The van der Waals surface area contributed by atoms with Gasteiger partial charge in [0.2, 0.25) is 0 Å². The maximum Gasteiger partial charge on any atom is 0.347 e. The lowest BCUT2D eigenvalue weighted by atomic mass is 10.3. The Morgan fingerprint density at radius 3 is 2.69 bits per heavy atom. The first-order valence-electron chi connectivity index (χ1n) is 4.83. The van der Waals surface area contributed by atoms with Crippen LogP contribution in [-0.2, 0) is 9.53 Å². The summed E-state index contributed by atoms with van der Waals surface area (Å²) in [4.78, 5) is 11.4. The lowest BCUT2D eigenvalue weighted by Crippen LogP contribution is -2.26. The largest absolute Gasteiger partial charge is 0.478 e. The summed E-state index contributed by atoms with van der Waals surface area (Å²) >= 11 is 6.70. The van der Waals surface area contributed by atoms with Crippen LogP contribution in [0.5, 0.6) is 5.75 Å². The number of benzene rings is 1. The van der Waals surface area contributed by atoms with Crippen LogP contribution in [0.15, 0.2) is 27.1 Å². The predicted molar refractivity (Wildman–Crippen MR) is 68.6 cm³/mol. The topological polar surface area (TPSA) is 35.5 Å². The van der Waals surface area contributed by atoms with Crippen molar-refractivity contribution < 1.29 is 14.3 Å². The van der Waals surface area contributed by atoms with Crippen LogP contribution < -0.4 is 4.74 Å². The second kappa shape index (κ2) is 6.25. The minimum atomic E-state index is -0.613. The third kappa shape index (κ3) is 3.79. The van der Waals surface area contributed by atoms with Crippen LogP contribution in [0.25, 0.3) is 0 Å². The molecule has 0 spiro atoms. The zero-order valence-electron chi connectivity index (χ0n) is 9.00. The Balaban J connectivity index is 2.69. The van der Waals surface area contributed by atoms with Crippen molar-refractivity contribution in [3.8, 4) is 5.75 Å². The van der Waals surface area contributed by atoms with Crippen molar-refractivity contribution in [3.63, 3.8) is 0 Å². The van der Waals surface area contributed by atoms with Gasteiger partial charge in [-0.3, -0.25) is 0 Å². The van der Waals surface area contributed by atoms with Gasteiger partial charge < -0.3 is 9.47 Å². The summed E-state index contributed by atoms with van der Waals surface area (Å²) in [6.45, 7) is 3.78. The molecule has 0 aliphatic heterocycles. The van der Waals surface area contributed by atoms with Crippen LogP contribution in [0.4, 0.5) is 0 Å². The molecule has 0 saturated heterocycles. The fourth-order valence-electron chi connectivity index (χ4n) is 1.07. The van der Waals surface area contributed by atoms with Crippen molar-refractivity contribution in [2.24, 2.45) is 0 Å². The average Bonchev–Trinajstić information content (AvgIpc) is 2.22. The highest BCUT2D eigenvalue weighted by molar-refractivity contribution is 9.11. The Labute approximate surface area is 111 Å². The van der Waals surface area contributed by atoms with E-state index in [1.54, 1.807) is 19.9 Å². The van der Waals surface area contributed by atoms with E-state index in [2.05, 4.69) is 31.9 Å². The molecule has 3 nitrogen and oxygen atoms in total. The number of carbonyl (C=O) groups is 1. The number of hydrogen-bond acceptors (Lipinski definition) is 3. The van der Waals surface area contributed by atoms with Crippen LogP contribution in [-0.4, -0.2) is 18.7 Å². The zero-order chi connectivity index (χ0) is 12.1. The van der Waals surface area contributed by atoms with Crippen molar-refractivity contribution in [1.29, 1.82) is 0 Å². The summed E-state index contributed by atoms with van der Waals surface area (Å²) in [5.41, 5.74) is 0. The maximum absolute atomic E-state index is 11.4. The Morgan fingerprint density at radius 2 is 2.12 bits per heavy atom. The normalized spacial score (nSPS) is 12.0. The van der Waals surface area contributed by atoms with Gasteiger partial charge in [0.05, 0.1) is 11.1 Å². The molecule has 0 unspecified atom stereocenters. The standard InChI is InChI=1S/C11H12Br2O3/c1-3-15-11(14)7(2)16-10-5-4-8(12)6-9(10)13/h4-7H,3H2,1-2H3/t7-/m1/s1. The van der Waals surface area contributed by atoms with Gasteiger partial charge >= 0.3 is 5.97 Å². The van der Waals surface area contributed by atoms with Crippen molar-refractivity contribution in [3.05, 3.63) is 27.1 Å². The number of esters is 1. The number of carbonyl (C=O) groups excluding carboxylic acids is 1. The molecule has 16 heavy (non-hydrogen) atoms. The SMILES string of the molecule is CCOC(=O)[C@@H](C)Oc1ccc(Br)cc1Br. The first kappa shape index (κ1) is 13.5. The predicted octanol–water partition coefficient (Wildman–Crippen LogP) is 3.54. The molecule has 0 fully saturated rings. The molecule has 0 aliphatic rings. The Bertz CT molecular complexity index is 379. The summed E-state index contributed by atoms with van der Waals surface area (Å²) in [5, 5.41) is 0. The summed E-state index contributed by atoms with van der Waals surface area (Å²) in [6.07, 6.45) is -0.613. The first-order chi connectivity index (χ1) is 7.54. The maximum atomic E-state index is 11.4. The minimum Gasteiger partial charge on any atom is -0.478 e. The van der Waals surface area contributed by atoms with Crippen LogP contribution in [0, 0.1) is 0 Å². The molecule has 1 atom stereocenters. The number of halogens is 2. The zero-order valence-corrected chi connectivity index (χ0v) is 12.2. The second-order valence-electron chi connectivity index (χ2n) is 3.09. The minimum absolute atomic E-state index is 0.355. The molecule has 5 heteroatoms. The van der Waals surface area contributed by atoms with Gasteiger partial charge in [-0.2, -0.15) is 0 Å². The van der Waals surface area contributed by atoms with E-state index in [1.165, 1.54) is 0 Å². The summed E-state index contributed by atoms with van der Waals surface area (Å²) in [6, 6.07) is 5.48. The lowest BCUT2D eigenvalue weighted by molar-refractivity contribution is -0.150. The van der Waals surface area contributed by atoms with Gasteiger partial charge in [-0.05, 0) is 48.0 Å². The second-order valence-corrected chi connectivity index (χ2v) is 4.86. The Hall–Kier alpha value is -0.550. The summed E-state index contributed by atoms with van der Waals surface area (Å²) in [5.74, 6) is 0.251. The van der Waals surface area contributed by atoms with Crippen molar-refractivity contribution in [1.82, 2.24) is 0 Å². The van der Waals surface area contributed by atoms with E-state index >= 15 is 0 Å². The third-order valence-electron chi connectivity index (χ3n) is 1.82. The summed E-state index contributed by atoms with van der Waals surface area (Å²) < 4.78 is 12.1. The molecule has 1 aromatic rings. The van der Waals surface area contributed by atoms with Gasteiger partial charge in [-0.1, -0.05) is 15.9 Å². The van der Waals surface area contributed by atoms with E-state index in [1.807, 2.05) is 12.1 Å². The van der Waals surface area contributed by atoms with E-state index in [0.717, 1.165) is 8.95 Å². The van der Waals surface area contributed by atoms with E-state index in [4.69, 9.17) is 9.47 Å². The number of rotatable bonds is 4. The van der Waals surface area contributed by atoms with Gasteiger partial charge in [0.15, 0.2) is 6.10 Å². The highest BCUT2D eigenvalue weighted by Crippen LogP contribution is 2.29. The van der Waals surface area contributed by atoms with Crippen molar-refractivity contribution >= 4 is 37.8 Å². The monoisotopic (exact) mass is 350 g/mol. The molecule has 88 valence electrons. The fraction of sp³-hybridized carbons (Fsp3) is 0.364. The van der Waals surface area contributed by atoms with Crippen LogP contribution in [0.2, 0.25) is 0 Å². The smallest absolute Gasteiger partial charge is 0.347 e. The van der Waals surface area contributed by atoms with Gasteiger partial charge in [0, 0.05) is 4.47 Å². The molecule has 0 saturated carbocycles. The Kier molecular flexibility index (Phi) is 5.28.